The van der Waals surface area contributed by atoms with Crippen LogP contribution in [0.3, 0.4) is 0 Å². The van der Waals surface area contributed by atoms with Crippen molar-refractivity contribution in [2.45, 2.75) is 84.5 Å². The molecule has 3 aromatic carbocycles. The summed E-state index contributed by atoms with van der Waals surface area (Å²) in [7, 11) is 0. The van der Waals surface area contributed by atoms with Crippen LogP contribution in [0.25, 0.3) is 11.1 Å². The number of rotatable bonds is 17. The first-order valence-corrected chi connectivity index (χ1v) is 16.4. The van der Waals surface area contributed by atoms with Gasteiger partial charge in [0.15, 0.2) is 0 Å². The molecular formula is C38H48O5. The Morgan fingerprint density at radius 1 is 0.814 bits per heavy atom. The van der Waals surface area contributed by atoms with Gasteiger partial charge in [0.1, 0.15) is 11.5 Å². The van der Waals surface area contributed by atoms with Gasteiger partial charge < -0.3 is 18.9 Å². The van der Waals surface area contributed by atoms with E-state index in [9.17, 15) is 4.79 Å². The second-order valence-electron chi connectivity index (χ2n) is 12.4. The summed E-state index contributed by atoms with van der Waals surface area (Å²) in [6.45, 7) is 10.7. The van der Waals surface area contributed by atoms with Crippen molar-refractivity contribution in [3.8, 4) is 22.6 Å². The number of hydrogen-bond acceptors (Lipinski definition) is 5. The first-order valence-electron chi connectivity index (χ1n) is 16.4. The molecule has 0 bridgehead atoms. The number of carbonyl (C=O) groups is 1. The summed E-state index contributed by atoms with van der Waals surface area (Å²) in [5.74, 6) is 1.27. The van der Waals surface area contributed by atoms with Crippen LogP contribution in [0, 0.1) is 5.41 Å². The molecule has 5 heteroatoms. The number of esters is 1. The van der Waals surface area contributed by atoms with Crippen molar-refractivity contribution >= 4 is 5.97 Å². The molecule has 2 aliphatic rings. The third kappa shape index (κ3) is 7.87. The second-order valence-corrected chi connectivity index (χ2v) is 12.4. The molecule has 1 atom stereocenters. The van der Waals surface area contributed by atoms with E-state index in [0.29, 0.717) is 17.9 Å². The Hall–Kier alpha value is -3.15. The zero-order chi connectivity index (χ0) is 30.1. The van der Waals surface area contributed by atoms with E-state index in [0.717, 1.165) is 70.7 Å². The molecule has 230 valence electrons. The maximum Gasteiger partial charge on any atom is 0.343 e. The van der Waals surface area contributed by atoms with Crippen LogP contribution < -0.4 is 9.47 Å². The Labute approximate surface area is 257 Å². The minimum atomic E-state index is -0.357. The van der Waals surface area contributed by atoms with Crippen LogP contribution in [0.4, 0.5) is 0 Å². The van der Waals surface area contributed by atoms with Crippen LogP contribution in [0.2, 0.25) is 0 Å². The van der Waals surface area contributed by atoms with E-state index >= 15 is 0 Å². The topological polar surface area (TPSA) is 54.0 Å². The molecule has 1 heterocycles. The van der Waals surface area contributed by atoms with Crippen molar-refractivity contribution < 1.29 is 23.7 Å². The van der Waals surface area contributed by atoms with E-state index in [-0.39, 0.29) is 17.3 Å². The molecule has 5 rings (SSSR count). The zero-order valence-electron chi connectivity index (χ0n) is 26.3. The summed E-state index contributed by atoms with van der Waals surface area (Å²) in [4.78, 5) is 12.9. The number of unbranched alkanes of at least 4 members (excludes halogenated alkanes) is 5. The van der Waals surface area contributed by atoms with Gasteiger partial charge in [0.05, 0.1) is 32.0 Å². The van der Waals surface area contributed by atoms with E-state index < -0.39 is 0 Å². The Morgan fingerprint density at radius 3 is 2.21 bits per heavy atom. The number of hydrogen-bond donors (Lipinski definition) is 0. The quantitative estimate of drug-likeness (QED) is 0.0900. The van der Waals surface area contributed by atoms with Gasteiger partial charge in [0.25, 0.3) is 0 Å². The Bertz CT molecular complexity index is 1340. The van der Waals surface area contributed by atoms with Crippen molar-refractivity contribution in [3.63, 3.8) is 0 Å². The summed E-state index contributed by atoms with van der Waals surface area (Å²) in [6.07, 6.45) is 10.3. The first-order chi connectivity index (χ1) is 21.0. The molecule has 3 aromatic rings. The van der Waals surface area contributed by atoms with E-state index in [1.54, 1.807) is 12.1 Å². The predicted molar refractivity (Wildman–Crippen MR) is 172 cm³/mol. The molecule has 0 radical (unpaired) electrons. The molecule has 1 aliphatic carbocycles. The van der Waals surface area contributed by atoms with Crippen LogP contribution >= 0.6 is 0 Å². The Kier molecular flexibility index (Phi) is 10.9. The summed E-state index contributed by atoms with van der Waals surface area (Å²) >= 11 is 0. The number of aryl methyl sites for hydroxylation is 1. The van der Waals surface area contributed by atoms with E-state index in [1.807, 2.05) is 24.3 Å². The fourth-order valence-electron chi connectivity index (χ4n) is 6.10. The maximum atomic E-state index is 12.9. The maximum absolute atomic E-state index is 12.9. The largest absolute Gasteiger partial charge is 0.494 e. The average Bonchev–Trinajstić information content (AvgIpc) is 3.28. The lowest BCUT2D eigenvalue weighted by Crippen LogP contribution is -2.45. The molecule has 43 heavy (non-hydrogen) atoms. The summed E-state index contributed by atoms with van der Waals surface area (Å²) in [5.41, 5.74) is 7.32. The molecule has 1 aliphatic heterocycles. The lowest BCUT2D eigenvalue weighted by molar-refractivity contribution is -0.150. The van der Waals surface area contributed by atoms with E-state index in [4.69, 9.17) is 18.9 Å². The molecule has 1 fully saturated rings. The van der Waals surface area contributed by atoms with Crippen molar-refractivity contribution in [3.05, 3.63) is 82.9 Å². The highest BCUT2D eigenvalue weighted by atomic mass is 16.5. The van der Waals surface area contributed by atoms with E-state index in [1.165, 1.54) is 47.1 Å². The van der Waals surface area contributed by atoms with Gasteiger partial charge in [-0.1, -0.05) is 64.3 Å². The molecule has 0 amide bonds. The third-order valence-corrected chi connectivity index (χ3v) is 9.16. The molecule has 1 unspecified atom stereocenters. The van der Waals surface area contributed by atoms with Gasteiger partial charge in [-0.05, 0) is 103 Å². The molecule has 0 spiro atoms. The Morgan fingerprint density at radius 2 is 1.51 bits per heavy atom. The SMILES string of the molecule is CCCCCc1ccc2c(c1)C(C)c1cc(OC(=O)c3ccc(OCCCCCCOCC4(CC)COC4)cc3)ccc1-2. The fourth-order valence-corrected chi connectivity index (χ4v) is 6.10. The average molecular weight is 585 g/mol. The predicted octanol–water partition coefficient (Wildman–Crippen LogP) is 9.15. The van der Waals surface area contributed by atoms with Crippen molar-refractivity contribution in [2.24, 2.45) is 5.41 Å². The number of ether oxygens (including phenoxy) is 4. The number of carbonyl (C=O) groups excluding carboxylic acids is 1. The third-order valence-electron chi connectivity index (χ3n) is 9.16. The van der Waals surface area contributed by atoms with Crippen molar-refractivity contribution in [1.29, 1.82) is 0 Å². The molecule has 1 saturated heterocycles. The Balaban J connectivity index is 1.03. The van der Waals surface area contributed by atoms with Crippen LogP contribution in [-0.4, -0.2) is 39.0 Å². The standard InChI is InChI=1S/C38H48O5/c1-4-6-9-12-29-13-19-33-34-20-18-32(24-36(34)28(3)35(33)23-29)43-37(39)30-14-16-31(17-15-30)42-22-11-8-7-10-21-40-25-38(5-2)26-41-27-38/h13-20,23-24,28H,4-12,21-22,25-27H2,1-3H3. The minimum Gasteiger partial charge on any atom is -0.494 e. The molecule has 0 N–H and O–H groups in total. The number of fused-ring (bicyclic) bond motifs is 3. The lowest BCUT2D eigenvalue weighted by Gasteiger charge is -2.40. The van der Waals surface area contributed by atoms with Gasteiger partial charge in [-0.2, -0.15) is 0 Å². The minimum absolute atomic E-state index is 0.270. The van der Waals surface area contributed by atoms with Gasteiger partial charge in [0, 0.05) is 17.9 Å². The van der Waals surface area contributed by atoms with Crippen molar-refractivity contribution in [2.75, 3.05) is 33.0 Å². The fraction of sp³-hybridized carbons (Fsp3) is 0.500. The van der Waals surface area contributed by atoms with Gasteiger partial charge >= 0.3 is 5.97 Å². The molecule has 0 saturated carbocycles. The zero-order valence-corrected chi connectivity index (χ0v) is 26.3. The molecule has 0 aromatic heterocycles. The highest BCUT2D eigenvalue weighted by Gasteiger charge is 2.36. The summed E-state index contributed by atoms with van der Waals surface area (Å²) in [6, 6.07) is 20.2. The normalized spacial score (nSPS) is 16.3. The van der Waals surface area contributed by atoms with Crippen LogP contribution in [0.5, 0.6) is 11.5 Å². The second kappa shape index (κ2) is 15.0. The van der Waals surface area contributed by atoms with Crippen LogP contribution in [0.15, 0.2) is 60.7 Å². The highest BCUT2D eigenvalue weighted by molar-refractivity contribution is 5.91. The highest BCUT2D eigenvalue weighted by Crippen LogP contribution is 2.46. The summed E-state index contributed by atoms with van der Waals surface area (Å²) in [5, 5.41) is 0. The monoisotopic (exact) mass is 584 g/mol. The van der Waals surface area contributed by atoms with Crippen molar-refractivity contribution in [1.82, 2.24) is 0 Å². The van der Waals surface area contributed by atoms with Gasteiger partial charge in [-0.15, -0.1) is 0 Å². The van der Waals surface area contributed by atoms with Gasteiger partial charge in [-0.25, -0.2) is 4.79 Å². The molecular weight excluding hydrogens is 536 g/mol. The molecule has 5 nitrogen and oxygen atoms in total. The smallest absolute Gasteiger partial charge is 0.343 e. The van der Waals surface area contributed by atoms with Gasteiger partial charge in [0.2, 0.25) is 0 Å². The van der Waals surface area contributed by atoms with Gasteiger partial charge in [-0.3, -0.25) is 0 Å². The number of benzene rings is 3. The van der Waals surface area contributed by atoms with Crippen LogP contribution in [-0.2, 0) is 15.9 Å². The van der Waals surface area contributed by atoms with E-state index in [2.05, 4.69) is 45.0 Å². The summed E-state index contributed by atoms with van der Waals surface area (Å²) < 4.78 is 22.9. The first kappa shape index (κ1) is 31.3. The van der Waals surface area contributed by atoms with Crippen LogP contribution in [0.1, 0.15) is 105 Å². The lowest BCUT2D eigenvalue weighted by atomic mass is 9.84.